The van der Waals surface area contributed by atoms with E-state index in [1.54, 1.807) is 0 Å². The maximum absolute atomic E-state index is 11.1. The third-order valence-electron chi connectivity index (χ3n) is 3.75. The lowest BCUT2D eigenvalue weighted by molar-refractivity contribution is -0.142. The highest BCUT2D eigenvalue weighted by molar-refractivity contribution is 5.69. The number of ether oxygens (including phenoxy) is 1. The molecule has 0 aromatic carbocycles. The van der Waals surface area contributed by atoms with Crippen LogP contribution in [0.1, 0.15) is 96.8 Å². The molecular weight excluding hydrogens is 248 g/mol. The van der Waals surface area contributed by atoms with Crippen LogP contribution < -0.4 is 0 Å². The lowest BCUT2D eigenvalue weighted by Gasteiger charge is -2.03. The van der Waals surface area contributed by atoms with Gasteiger partial charge < -0.3 is 4.74 Å². The second-order valence-corrected chi connectivity index (χ2v) is 5.71. The predicted molar refractivity (Wildman–Crippen MR) is 86.6 cm³/mol. The van der Waals surface area contributed by atoms with E-state index < -0.39 is 0 Å². The maximum Gasteiger partial charge on any atom is 0.305 e. The Hall–Kier alpha value is -0.530. The molecule has 2 nitrogen and oxygen atoms in total. The Labute approximate surface area is 126 Å². The molecule has 0 N–H and O–H groups in total. The fourth-order valence-electron chi connectivity index (χ4n) is 2.47. The van der Waals surface area contributed by atoms with Gasteiger partial charge in [-0.3, -0.25) is 4.79 Å². The van der Waals surface area contributed by atoms with Crippen molar-refractivity contribution in [3.05, 3.63) is 6.92 Å². The fraction of sp³-hybridized carbons (Fsp3) is 0.889. The average Bonchev–Trinajstić information content (AvgIpc) is 2.44. The van der Waals surface area contributed by atoms with E-state index in [0.717, 1.165) is 12.8 Å². The van der Waals surface area contributed by atoms with E-state index in [9.17, 15) is 4.79 Å². The summed E-state index contributed by atoms with van der Waals surface area (Å²) in [4.78, 5) is 11.1. The second kappa shape index (κ2) is 16.5. The van der Waals surface area contributed by atoms with E-state index >= 15 is 0 Å². The second-order valence-electron chi connectivity index (χ2n) is 5.71. The molecule has 0 aromatic rings. The molecule has 0 aliphatic heterocycles. The summed E-state index contributed by atoms with van der Waals surface area (Å²) in [6, 6.07) is 0. The number of esters is 1. The molecule has 20 heavy (non-hydrogen) atoms. The molecule has 0 atom stereocenters. The number of hydrogen-bond donors (Lipinski definition) is 0. The molecule has 0 amide bonds. The first-order valence-corrected chi connectivity index (χ1v) is 8.76. The Morgan fingerprint density at radius 2 is 1.15 bits per heavy atom. The highest BCUT2D eigenvalue weighted by atomic mass is 16.5. The predicted octanol–water partition coefficient (Wildman–Crippen LogP) is 5.84. The summed E-state index contributed by atoms with van der Waals surface area (Å²) in [6.45, 7) is 6.03. The zero-order valence-corrected chi connectivity index (χ0v) is 13.6. The first-order chi connectivity index (χ1) is 9.81. The highest BCUT2D eigenvalue weighted by Crippen LogP contribution is 2.12. The Morgan fingerprint density at radius 1 is 0.750 bits per heavy atom. The molecule has 2 heteroatoms. The van der Waals surface area contributed by atoms with Gasteiger partial charge in [0.2, 0.25) is 0 Å². The van der Waals surface area contributed by atoms with Crippen LogP contribution in [0.4, 0.5) is 0 Å². The molecule has 0 unspecified atom stereocenters. The van der Waals surface area contributed by atoms with Crippen LogP contribution in [0.3, 0.4) is 0 Å². The fourth-order valence-corrected chi connectivity index (χ4v) is 2.47. The molecule has 0 aromatic heterocycles. The van der Waals surface area contributed by atoms with Crippen LogP contribution in [0.15, 0.2) is 0 Å². The first kappa shape index (κ1) is 19.5. The third-order valence-corrected chi connectivity index (χ3v) is 3.75. The number of rotatable bonds is 15. The number of hydrogen-bond acceptors (Lipinski definition) is 2. The van der Waals surface area contributed by atoms with Crippen molar-refractivity contribution in [2.75, 3.05) is 6.61 Å². The minimum atomic E-state index is -0.0944. The van der Waals surface area contributed by atoms with Crippen LogP contribution >= 0.6 is 0 Å². The molecule has 0 aliphatic carbocycles. The Morgan fingerprint density at radius 3 is 1.55 bits per heavy atom. The minimum absolute atomic E-state index is 0.0944. The van der Waals surface area contributed by atoms with Gasteiger partial charge in [-0.05, 0) is 13.3 Å². The van der Waals surface area contributed by atoms with Gasteiger partial charge in [0.15, 0.2) is 0 Å². The monoisotopic (exact) mass is 283 g/mol. The van der Waals surface area contributed by atoms with Crippen LogP contribution in [0.2, 0.25) is 0 Å². The molecule has 0 heterocycles. The van der Waals surface area contributed by atoms with Crippen LogP contribution in [0, 0.1) is 6.92 Å². The summed E-state index contributed by atoms with van der Waals surface area (Å²) in [7, 11) is 0. The van der Waals surface area contributed by atoms with E-state index in [1.807, 2.05) is 0 Å². The summed E-state index contributed by atoms with van der Waals surface area (Å²) < 4.78 is 4.80. The largest absolute Gasteiger partial charge is 0.466 e. The lowest BCUT2D eigenvalue weighted by Crippen LogP contribution is -2.03. The van der Waals surface area contributed by atoms with Gasteiger partial charge >= 0.3 is 5.97 Å². The molecular formula is C18H35O2. The Kier molecular flexibility index (Phi) is 16.1. The van der Waals surface area contributed by atoms with Gasteiger partial charge in [0.05, 0.1) is 6.61 Å². The Balaban J connectivity index is 3.01. The molecule has 119 valence electrons. The van der Waals surface area contributed by atoms with Crippen LogP contribution in [-0.4, -0.2) is 12.6 Å². The number of carbonyl (C=O) groups is 1. The lowest BCUT2D eigenvalue weighted by atomic mass is 10.0. The normalized spacial score (nSPS) is 10.7. The highest BCUT2D eigenvalue weighted by Gasteiger charge is 2.00. The molecule has 0 spiro atoms. The van der Waals surface area contributed by atoms with Crippen molar-refractivity contribution in [3.8, 4) is 0 Å². The van der Waals surface area contributed by atoms with Gasteiger partial charge in [-0.1, -0.05) is 84.0 Å². The van der Waals surface area contributed by atoms with Crippen molar-refractivity contribution in [2.24, 2.45) is 0 Å². The van der Waals surface area contributed by atoms with Gasteiger partial charge in [0, 0.05) is 6.42 Å². The summed E-state index contributed by atoms with van der Waals surface area (Å²) in [5, 5.41) is 0. The molecule has 0 rings (SSSR count). The smallest absolute Gasteiger partial charge is 0.305 e. The maximum atomic E-state index is 11.1. The van der Waals surface area contributed by atoms with Gasteiger partial charge in [0.25, 0.3) is 0 Å². The topological polar surface area (TPSA) is 26.3 Å². The molecule has 0 aliphatic rings. The molecule has 0 saturated carbocycles. The van der Waals surface area contributed by atoms with Crippen molar-refractivity contribution in [2.45, 2.75) is 96.8 Å². The van der Waals surface area contributed by atoms with Gasteiger partial charge in [-0.25, -0.2) is 0 Å². The molecule has 0 bridgehead atoms. The van der Waals surface area contributed by atoms with Crippen LogP contribution in [0.5, 0.6) is 0 Å². The first-order valence-electron chi connectivity index (χ1n) is 8.76. The molecule has 1 radical (unpaired) electrons. The van der Waals surface area contributed by atoms with E-state index in [0.29, 0.717) is 6.42 Å². The SMILES string of the molecule is [CH2]COC(=O)CCCCCCCCCCCCCCC. The van der Waals surface area contributed by atoms with Gasteiger partial charge in [-0.15, -0.1) is 0 Å². The zero-order chi connectivity index (χ0) is 14.9. The summed E-state index contributed by atoms with van der Waals surface area (Å²) in [5.74, 6) is -0.0944. The van der Waals surface area contributed by atoms with Crippen LogP contribution in [0.25, 0.3) is 0 Å². The van der Waals surface area contributed by atoms with Crippen molar-refractivity contribution in [1.82, 2.24) is 0 Å². The van der Waals surface area contributed by atoms with Crippen molar-refractivity contribution < 1.29 is 9.53 Å². The molecule has 0 saturated heterocycles. The number of carbonyl (C=O) groups excluding carboxylic acids is 1. The van der Waals surface area contributed by atoms with Gasteiger partial charge in [0.1, 0.15) is 0 Å². The summed E-state index contributed by atoms with van der Waals surface area (Å²) in [6.07, 6.45) is 17.9. The summed E-state index contributed by atoms with van der Waals surface area (Å²) in [5.41, 5.74) is 0. The molecule has 0 fully saturated rings. The van der Waals surface area contributed by atoms with E-state index in [1.165, 1.54) is 70.6 Å². The van der Waals surface area contributed by atoms with Crippen LogP contribution in [-0.2, 0) is 9.53 Å². The minimum Gasteiger partial charge on any atom is -0.466 e. The average molecular weight is 283 g/mol. The summed E-state index contributed by atoms with van der Waals surface area (Å²) >= 11 is 0. The van der Waals surface area contributed by atoms with E-state index in [-0.39, 0.29) is 12.6 Å². The third kappa shape index (κ3) is 15.5. The zero-order valence-electron chi connectivity index (χ0n) is 13.6. The Bertz CT molecular complexity index is 202. The van der Waals surface area contributed by atoms with Crippen molar-refractivity contribution in [1.29, 1.82) is 0 Å². The van der Waals surface area contributed by atoms with Gasteiger partial charge in [-0.2, -0.15) is 0 Å². The van der Waals surface area contributed by atoms with Crippen molar-refractivity contribution in [3.63, 3.8) is 0 Å². The van der Waals surface area contributed by atoms with Crippen molar-refractivity contribution >= 4 is 5.97 Å². The van der Waals surface area contributed by atoms with E-state index in [4.69, 9.17) is 4.74 Å². The quantitative estimate of drug-likeness (QED) is 0.278. The van der Waals surface area contributed by atoms with E-state index in [2.05, 4.69) is 13.8 Å². The number of unbranched alkanes of at least 4 members (excludes halogenated alkanes) is 12. The standard InChI is InChI=1S/C18H35O2/c1-3-5-6-7-8-9-10-11-12-13-14-15-16-17-18(19)20-4-2/h2-17H2,1H3.